The van der Waals surface area contributed by atoms with Gasteiger partial charge in [-0.1, -0.05) is 23.4 Å². The first-order valence-corrected chi connectivity index (χ1v) is 5.88. The predicted molar refractivity (Wildman–Crippen MR) is 65.2 cm³/mol. The summed E-state index contributed by atoms with van der Waals surface area (Å²) in [4.78, 5) is 0. The summed E-state index contributed by atoms with van der Waals surface area (Å²) in [6.07, 6.45) is -2.69. The van der Waals surface area contributed by atoms with Crippen LogP contribution in [0, 0.1) is 17.8 Å². The quantitative estimate of drug-likeness (QED) is 0.608. The molecular weight excluding hydrogens is 263 g/mol. The van der Waals surface area contributed by atoms with E-state index in [0.29, 0.717) is 0 Å². The van der Waals surface area contributed by atoms with Gasteiger partial charge in [-0.2, -0.15) is 13.2 Å². The van der Waals surface area contributed by atoms with Crippen molar-refractivity contribution in [2.75, 3.05) is 5.73 Å². The van der Waals surface area contributed by atoms with Gasteiger partial charge in [0.15, 0.2) is 0 Å². The lowest BCUT2D eigenvalue weighted by molar-refractivity contribution is -0.137. The zero-order valence-corrected chi connectivity index (χ0v) is 10.1. The molecule has 0 heterocycles. The fourth-order valence-electron chi connectivity index (χ4n) is 1.56. The van der Waals surface area contributed by atoms with E-state index in [1.165, 1.54) is 18.2 Å². The Kier molecular flexibility index (Phi) is 3.45. The van der Waals surface area contributed by atoms with Crippen molar-refractivity contribution in [3.8, 4) is 11.8 Å². The summed E-state index contributed by atoms with van der Waals surface area (Å²) in [5, 5.41) is 0.224. The van der Waals surface area contributed by atoms with Crippen molar-refractivity contribution in [1.82, 2.24) is 0 Å². The van der Waals surface area contributed by atoms with Gasteiger partial charge in [-0.05, 0) is 31.0 Å². The van der Waals surface area contributed by atoms with E-state index in [9.17, 15) is 13.2 Å². The molecule has 0 saturated heterocycles. The molecule has 18 heavy (non-hydrogen) atoms. The second-order valence-electron chi connectivity index (χ2n) is 4.31. The first kappa shape index (κ1) is 13.1. The number of nitrogens with two attached hydrogens (primary N) is 1. The number of alkyl halides is 3. The highest BCUT2D eigenvalue weighted by Gasteiger charge is 2.41. The maximum absolute atomic E-state index is 13.0. The third kappa shape index (κ3) is 3.11. The van der Waals surface area contributed by atoms with E-state index >= 15 is 0 Å². The summed E-state index contributed by atoms with van der Waals surface area (Å²) in [7, 11) is 0. The number of rotatable bonds is 1. The summed E-state index contributed by atoms with van der Waals surface area (Å²) in [5.41, 5.74) is 5.58. The Morgan fingerprint density at radius 3 is 2.56 bits per heavy atom. The molecule has 96 valence electrons. The largest absolute Gasteiger partial charge is 0.406 e. The average molecular weight is 274 g/mol. The Morgan fingerprint density at radius 2 is 2.00 bits per heavy atom. The van der Waals surface area contributed by atoms with Gasteiger partial charge in [0.1, 0.15) is 5.92 Å². The molecule has 0 bridgehead atoms. The molecule has 2 rings (SSSR count). The Labute approximate surface area is 108 Å². The Hall–Kier alpha value is -1.34. The van der Waals surface area contributed by atoms with E-state index in [0.717, 1.165) is 12.8 Å². The van der Waals surface area contributed by atoms with Crippen molar-refractivity contribution in [1.29, 1.82) is 0 Å². The molecule has 1 unspecified atom stereocenters. The normalized spacial score (nSPS) is 16.9. The molecule has 1 aromatic carbocycles. The molecule has 1 aliphatic rings. The van der Waals surface area contributed by atoms with Crippen LogP contribution in [0.15, 0.2) is 18.2 Å². The molecular formula is C13H11ClF3N. The Morgan fingerprint density at radius 1 is 1.33 bits per heavy atom. The first-order chi connectivity index (χ1) is 8.38. The molecule has 1 saturated carbocycles. The summed E-state index contributed by atoms with van der Waals surface area (Å²) in [6, 6.07) is 4.06. The third-order valence-electron chi connectivity index (χ3n) is 2.70. The number of hydrogen-bond donors (Lipinski definition) is 1. The minimum absolute atomic E-state index is 0.0619. The smallest absolute Gasteiger partial charge is 0.398 e. The number of hydrogen-bond acceptors (Lipinski definition) is 1. The lowest BCUT2D eigenvalue weighted by Crippen LogP contribution is -2.20. The highest BCUT2D eigenvalue weighted by molar-refractivity contribution is 6.30. The summed E-state index contributed by atoms with van der Waals surface area (Å²) in [5.74, 6) is 3.17. The van der Waals surface area contributed by atoms with Crippen molar-refractivity contribution in [2.24, 2.45) is 5.92 Å². The minimum atomic E-state index is -4.44. The topological polar surface area (TPSA) is 26.0 Å². The minimum Gasteiger partial charge on any atom is -0.398 e. The maximum Gasteiger partial charge on any atom is 0.406 e. The van der Waals surface area contributed by atoms with Gasteiger partial charge in [0.25, 0.3) is 0 Å². The van der Waals surface area contributed by atoms with Gasteiger partial charge < -0.3 is 5.73 Å². The monoisotopic (exact) mass is 273 g/mol. The van der Waals surface area contributed by atoms with Gasteiger partial charge in [-0.15, -0.1) is 0 Å². The van der Waals surface area contributed by atoms with Crippen LogP contribution >= 0.6 is 11.6 Å². The van der Waals surface area contributed by atoms with Crippen LogP contribution in [0.2, 0.25) is 5.02 Å². The summed E-state index contributed by atoms with van der Waals surface area (Å²) >= 11 is 5.71. The van der Waals surface area contributed by atoms with E-state index in [-0.39, 0.29) is 22.2 Å². The summed E-state index contributed by atoms with van der Waals surface area (Å²) in [6.45, 7) is 0. The van der Waals surface area contributed by atoms with Crippen molar-refractivity contribution in [3.05, 3.63) is 28.8 Å². The number of nitrogen functional groups attached to an aromatic ring is 1. The molecule has 0 radical (unpaired) electrons. The molecule has 0 amide bonds. The van der Waals surface area contributed by atoms with Crippen LogP contribution in [0.3, 0.4) is 0 Å². The number of halogens is 4. The second-order valence-corrected chi connectivity index (χ2v) is 4.75. The SMILES string of the molecule is Nc1ccc(Cl)cc1C(C#CC1CC1)C(F)(F)F. The average Bonchev–Trinajstić information content (AvgIpc) is 3.05. The van der Waals surface area contributed by atoms with Crippen molar-refractivity contribution in [3.63, 3.8) is 0 Å². The van der Waals surface area contributed by atoms with Crippen LogP contribution in [0.25, 0.3) is 0 Å². The lowest BCUT2D eigenvalue weighted by atomic mass is 9.97. The molecule has 0 aliphatic heterocycles. The zero-order valence-electron chi connectivity index (χ0n) is 9.39. The van der Waals surface area contributed by atoms with Gasteiger partial charge in [0.2, 0.25) is 0 Å². The van der Waals surface area contributed by atoms with E-state index < -0.39 is 12.1 Å². The lowest BCUT2D eigenvalue weighted by Gasteiger charge is -2.17. The van der Waals surface area contributed by atoms with Gasteiger partial charge >= 0.3 is 6.18 Å². The van der Waals surface area contributed by atoms with Crippen LogP contribution in [0.1, 0.15) is 24.3 Å². The van der Waals surface area contributed by atoms with Crippen molar-refractivity contribution < 1.29 is 13.2 Å². The third-order valence-corrected chi connectivity index (χ3v) is 2.93. The fourth-order valence-corrected chi connectivity index (χ4v) is 1.74. The van der Waals surface area contributed by atoms with Crippen molar-refractivity contribution in [2.45, 2.75) is 24.9 Å². The zero-order chi connectivity index (χ0) is 13.3. The van der Waals surface area contributed by atoms with Gasteiger partial charge in [0.05, 0.1) is 0 Å². The highest BCUT2D eigenvalue weighted by Crippen LogP contribution is 2.38. The molecule has 1 aliphatic carbocycles. The number of anilines is 1. The van der Waals surface area contributed by atoms with Crippen LogP contribution in [0.4, 0.5) is 18.9 Å². The molecule has 1 atom stereocenters. The molecule has 2 N–H and O–H groups in total. The predicted octanol–water partition coefficient (Wildman–Crippen LogP) is 3.98. The van der Waals surface area contributed by atoms with E-state index in [2.05, 4.69) is 11.8 Å². The molecule has 0 aromatic heterocycles. The van der Waals surface area contributed by atoms with E-state index in [4.69, 9.17) is 17.3 Å². The van der Waals surface area contributed by atoms with Crippen LogP contribution in [-0.2, 0) is 0 Å². The standard InChI is InChI=1S/C13H11ClF3N/c14-9-4-6-12(18)10(7-9)11(13(15,16)17)5-3-8-1-2-8/h4,6-8,11H,1-2,18H2. The molecule has 1 fully saturated rings. The van der Waals surface area contributed by atoms with Gasteiger partial charge in [-0.3, -0.25) is 0 Å². The Bertz CT molecular complexity index is 509. The molecule has 5 heteroatoms. The van der Waals surface area contributed by atoms with Gasteiger partial charge in [0, 0.05) is 22.2 Å². The molecule has 1 nitrogen and oxygen atoms in total. The van der Waals surface area contributed by atoms with Crippen molar-refractivity contribution >= 4 is 17.3 Å². The summed E-state index contributed by atoms with van der Waals surface area (Å²) < 4.78 is 39.0. The van der Waals surface area contributed by atoms with Gasteiger partial charge in [-0.25, -0.2) is 0 Å². The van der Waals surface area contributed by atoms with Crippen LogP contribution in [-0.4, -0.2) is 6.18 Å². The Balaban J connectivity index is 2.39. The molecule has 1 aromatic rings. The fraction of sp³-hybridized carbons (Fsp3) is 0.385. The molecule has 0 spiro atoms. The van der Waals surface area contributed by atoms with E-state index in [1.54, 1.807) is 0 Å². The van der Waals surface area contributed by atoms with Crippen LogP contribution in [0.5, 0.6) is 0 Å². The second kappa shape index (κ2) is 4.74. The highest BCUT2D eigenvalue weighted by atomic mass is 35.5. The number of benzene rings is 1. The maximum atomic E-state index is 13.0. The van der Waals surface area contributed by atoms with Crippen LogP contribution < -0.4 is 5.73 Å². The first-order valence-electron chi connectivity index (χ1n) is 5.50. The van der Waals surface area contributed by atoms with E-state index in [1.807, 2.05) is 0 Å².